The van der Waals surface area contributed by atoms with Gasteiger partial charge in [-0.2, -0.15) is 0 Å². The van der Waals surface area contributed by atoms with Gasteiger partial charge in [-0.15, -0.1) is 0 Å². The largest absolute Gasteiger partial charge is 0.349 e. The maximum absolute atomic E-state index is 13.0. The molecule has 2 fully saturated rings. The van der Waals surface area contributed by atoms with E-state index in [4.69, 9.17) is 11.6 Å². The van der Waals surface area contributed by atoms with Crippen molar-refractivity contribution in [2.75, 3.05) is 18.4 Å². The highest BCUT2D eigenvalue weighted by molar-refractivity contribution is 6.31. The van der Waals surface area contributed by atoms with Crippen molar-refractivity contribution < 1.29 is 9.59 Å². The molecule has 0 radical (unpaired) electrons. The van der Waals surface area contributed by atoms with Crippen LogP contribution in [0.25, 0.3) is 0 Å². The zero-order chi connectivity index (χ0) is 22.3. The fourth-order valence-electron chi connectivity index (χ4n) is 4.76. The number of rotatable bonds is 6. The van der Waals surface area contributed by atoms with Crippen LogP contribution in [0.1, 0.15) is 60.9 Å². The van der Waals surface area contributed by atoms with Crippen molar-refractivity contribution in [1.29, 1.82) is 0 Å². The van der Waals surface area contributed by atoms with Gasteiger partial charge in [-0.1, -0.05) is 61.2 Å². The van der Waals surface area contributed by atoms with Crippen molar-refractivity contribution in [3.63, 3.8) is 0 Å². The van der Waals surface area contributed by atoms with Crippen molar-refractivity contribution in [3.05, 3.63) is 64.7 Å². The Morgan fingerprint density at radius 1 is 0.906 bits per heavy atom. The van der Waals surface area contributed by atoms with Crippen molar-refractivity contribution in [3.8, 4) is 0 Å². The number of hydrogen-bond donors (Lipinski definition) is 2. The van der Waals surface area contributed by atoms with E-state index in [1.165, 1.54) is 19.3 Å². The molecule has 0 bridgehead atoms. The number of anilines is 1. The van der Waals surface area contributed by atoms with Crippen molar-refractivity contribution in [2.24, 2.45) is 5.92 Å². The summed E-state index contributed by atoms with van der Waals surface area (Å²) in [5.74, 6) is -0.144. The minimum absolute atomic E-state index is 0.000287. The standard InChI is InChI=1S/C26H32ClN3O2/c27-23-12-6-4-8-20(23)18-30-16-14-19(15-17-30)25(31)29-24-13-7-5-11-22(24)26(32)28-21-9-2-1-3-10-21/h4-8,11-13,19,21H,1-3,9-10,14-18H2,(H,28,32)(H,29,31). The summed E-state index contributed by atoms with van der Waals surface area (Å²) >= 11 is 6.29. The fourth-order valence-corrected chi connectivity index (χ4v) is 4.95. The quantitative estimate of drug-likeness (QED) is 0.627. The molecule has 32 heavy (non-hydrogen) atoms. The van der Waals surface area contributed by atoms with Crippen LogP contribution in [0.3, 0.4) is 0 Å². The van der Waals surface area contributed by atoms with Gasteiger partial charge in [0.25, 0.3) is 5.91 Å². The third-order valence-corrected chi connectivity index (χ3v) is 7.05. The number of piperidine rings is 1. The first-order chi connectivity index (χ1) is 15.6. The third kappa shape index (κ3) is 5.90. The second-order valence-corrected chi connectivity index (χ2v) is 9.39. The van der Waals surface area contributed by atoms with E-state index >= 15 is 0 Å². The molecule has 1 saturated carbocycles. The monoisotopic (exact) mass is 453 g/mol. The fraction of sp³-hybridized carbons (Fsp3) is 0.462. The van der Waals surface area contributed by atoms with Gasteiger partial charge in [0.15, 0.2) is 0 Å². The van der Waals surface area contributed by atoms with Crippen LogP contribution >= 0.6 is 11.6 Å². The zero-order valence-corrected chi connectivity index (χ0v) is 19.2. The molecule has 4 rings (SSSR count). The predicted octanol–water partition coefficient (Wildman–Crippen LogP) is 5.25. The molecule has 2 aromatic rings. The second kappa shape index (κ2) is 11.0. The van der Waals surface area contributed by atoms with Gasteiger partial charge in [-0.3, -0.25) is 14.5 Å². The summed E-state index contributed by atoms with van der Waals surface area (Å²) in [5, 5.41) is 6.97. The van der Waals surface area contributed by atoms with Crippen LogP contribution in [0.15, 0.2) is 48.5 Å². The van der Waals surface area contributed by atoms with Gasteiger partial charge in [0.05, 0.1) is 11.3 Å². The first-order valence-electron chi connectivity index (χ1n) is 11.8. The van der Waals surface area contributed by atoms with E-state index in [1.807, 2.05) is 36.4 Å². The Morgan fingerprint density at radius 2 is 1.59 bits per heavy atom. The number of nitrogens with one attached hydrogen (secondary N) is 2. The Balaban J connectivity index is 1.31. The van der Waals surface area contributed by atoms with E-state index in [1.54, 1.807) is 6.07 Å². The Bertz CT molecular complexity index is 934. The van der Waals surface area contributed by atoms with E-state index in [-0.39, 0.29) is 23.8 Å². The molecule has 0 spiro atoms. The second-order valence-electron chi connectivity index (χ2n) is 8.99. The number of nitrogens with zero attached hydrogens (tertiary/aromatic N) is 1. The van der Waals surface area contributed by atoms with Gasteiger partial charge in [0.2, 0.25) is 5.91 Å². The first kappa shape index (κ1) is 22.8. The highest BCUT2D eigenvalue weighted by Gasteiger charge is 2.26. The number of carbonyl (C=O) groups excluding carboxylic acids is 2. The van der Waals surface area contributed by atoms with Crippen molar-refractivity contribution in [1.82, 2.24) is 10.2 Å². The van der Waals surface area contributed by atoms with Crippen LogP contribution in [-0.4, -0.2) is 35.8 Å². The summed E-state index contributed by atoms with van der Waals surface area (Å²) in [6.45, 7) is 2.51. The molecule has 2 amide bonds. The van der Waals surface area contributed by atoms with Crippen LogP contribution in [0.2, 0.25) is 5.02 Å². The van der Waals surface area contributed by atoms with Crippen LogP contribution in [0.5, 0.6) is 0 Å². The van der Waals surface area contributed by atoms with Gasteiger partial charge in [0, 0.05) is 23.5 Å². The third-order valence-electron chi connectivity index (χ3n) is 6.68. The van der Waals surface area contributed by atoms with E-state index < -0.39 is 0 Å². The lowest BCUT2D eigenvalue weighted by molar-refractivity contribution is -0.121. The van der Waals surface area contributed by atoms with Crippen LogP contribution in [0.4, 0.5) is 5.69 Å². The summed E-state index contributed by atoms with van der Waals surface area (Å²) in [7, 11) is 0. The van der Waals surface area contributed by atoms with Crippen LogP contribution in [-0.2, 0) is 11.3 Å². The summed E-state index contributed by atoms with van der Waals surface area (Å²) in [4.78, 5) is 28.2. The smallest absolute Gasteiger partial charge is 0.253 e. The van der Waals surface area contributed by atoms with Crippen molar-refractivity contribution in [2.45, 2.75) is 57.5 Å². The molecule has 5 nitrogen and oxygen atoms in total. The lowest BCUT2D eigenvalue weighted by Gasteiger charge is -2.31. The predicted molar refractivity (Wildman–Crippen MR) is 129 cm³/mol. The number of benzene rings is 2. The van der Waals surface area contributed by atoms with Gasteiger partial charge in [-0.25, -0.2) is 0 Å². The molecule has 0 atom stereocenters. The maximum Gasteiger partial charge on any atom is 0.253 e. The summed E-state index contributed by atoms with van der Waals surface area (Å²) < 4.78 is 0. The van der Waals surface area contributed by atoms with Gasteiger partial charge in [-0.05, 0) is 62.5 Å². The first-order valence-corrected chi connectivity index (χ1v) is 12.1. The van der Waals surface area contributed by atoms with Crippen molar-refractivity contribution >= 4 is 29.1 Å². The molecular weight excluding hydrogens is 422 g/mol. The molecular formula is C26H32ClN3O2. The van der Waals surface area contributed by atoms with E-state index in [2.05, 4.69) is 21.6 Å². The SMILES string of the molecule is O=C(NC1CCCCC1)c1ccccc1NC(=O)C1CCN(Cc2ccccc2Cl)CC1. The van der Waals surface area contributed by atoms with E-state index in [9.17, 15) is 9.59 Å². The molecule has 1 aliphatic carbocycles. The number of para-hydroxylation sites is 1. The molecule has 2 aromatic carbocycles. The zero-order valence-electron chi connectivity index (χ0n) is 18.5. The number of amides is 2. The highest BCUT2D eigenvalue weighted by Crippen LogP contribution is 2.25. The number of likely N-dealkylation sites (tertiary alicyclic amines) is 1. The Morgan fingerprint density at radius 3 is 2.34 bits per heavy atom. The number of halogens is 1. The topological polar surface area (TPSA) is 61.4 Å². The summed E-state index contributed by atoms with van der Waals surface area (Å²) in [6, 6.07) is 15.5. The lowest BCUT2D eigenvalue weighted by Crippen LogP contribution is -2.38. The molecule has 2 N–H and O–H groups in total. The molecule has 1 aliphatic heterocycles. The molecule has 1 heterocycles. The Hall–Kier alpha value is -2.37. The van der Waals surface area contributed by atoms with E-state index in [0.717, 1.165) is 55.9 Å². The Kier molecular flexibility index (Phi) is 7.82. The van der Waals surface area contributed by atoms with Crippen LogP contribution < -0.4 is 10.6 Å². The maximum atomic E-state index is 13.0. The molecule has 1 saturated heterocycles. The molecule has 6 heteroatoms. The van der Waals surface area contributed by atoms with Gasteiger partial charge >= 0.3 is 0 Å². The Labute approximate surface area is 195 Å². The van der Waals surface area contributed by atoms with Gasteiger partial charge in [0.1, 0.15) is 0 Å². The number of hydrogen-bond acceptors (Lipinski definition) is 3. The molecule has 170 valence electrons. The lowest BCUT2D eigenvalue weighted by atomic mass is 9.94. The average molecular weight is 454 g/mol. The highest BCUT2D eigenvalue weighted by atomic mass is 35.5. The minimum atomic E-state index is -0.0950. The summed E-state index contributed by atoms with van der Waals surface area (Å²) in [5.41, 5.74) is 2.27. The molecule has 0 aromatic heterocycles. The van der Waals surface area contributed by atoms with E-state index in [0.29, 0.717) is 11.3 Å². The normalized spacial score (nSPS) is 18.3. The minimum Gasteiger partial charge on any atom is -0.349 e. The summed E-state index contributed by atoms with van der Waals surface area (Å²) in [6.07, 6.45) is 7.24. The van der Waals surface area contributed by atoms with Gasteiger partial charge < -0.3 is 10.6 Å². The number of carbonyl (C=O) groups is 2. The average Bonchev–Trinajstić information content (AvgIpc) is 2.82. The molecule has 0 unspecified atom stereocenters. The molecule has 2 aliphatic rings. The van der Waals surface area contributed by atoms with Crippen LogP contribution in [0, 0.1) is 5.92 Å².